The molecular formula is C18H26Si. The summed E-state index contributed by atoms with van der Waals surface area (Å²) in [6.07, 6.45) is 6.27. The minimum absolute atomic E-state index is 1.22. The van der Waals surface area contributed by atoms with E-state index in [9.17, 15) is 0 Å². The molecule has 1 heteroatoms. The smallest absolute Gasteiger partial charge is 0.0694 e. The molecule has 102 valence electrons. The molecule has 1 aliphatic carbocycles. The van der Waals surface area contributed by atoms with E-state index in [0.29, 0.717) is 0 Å². The lowest BCUT2D eigenvalue weighted by Gasteiger charge is -2.31. The average molecular weight is 270 g/mol. The summed E-state index contributed by atoms with van der Waals surface area (Å²) in [7, 11) is -1.49. The van der Waals surface area contributed by atoms with Crippen molar-refractivity contribution in [1.82, 2.24) is 0 Å². The lowest BCUT2D eigenvalue weighted by Crippen LogP contribution is -2.47. The molecule has 1 atom stereocenters. The molecule has 0 radical (unpaired) electrons. The van der Waals surface area contributed by atoms with Gasteiger partial charge >= 0.3 is 0 Å². The van der Waals surface area contributed by atoms with Crippen LogP contribution in [-0.4, -0.2) is 8.07 Å². The molecule has 0 amide bonds. The van der Waals surface area contributed by atoms with Crippen LogP contribution < -0.4 is 5.19 Å². The van der Waals surface area contributed by atoms with Crippen LogP contribution >= 0.6 is 0 Å². The highest BCUT2D eigenvalue weighted by molar-refractivity contribution is 6.96. The van der Waals surface area contributed by atoms with Gasteiger partial charge in [-0.2, -0.15) is 0 Å². The van der Waals surface area contributed by atoms with E-state index in [0.717, 1.165) is 0 Å². The molecule has 0 fully saturated rings. The Morgan fingerprint density at radius 3 is 2.32 bits per heavy atom. The van der Waals surface area contributed by atoms with Crippen LogP contribution in [0.2, 0.25) is 12.6 Å². The SMILES string of the molecule is CCCC[Si](C)(C1=C(C)C=C(C)C1)c1ccccc1. The van der Waals surface area contributed by atoms with Crippen LogP contribution in [0.4, 0.5) is 0 Å². The fourth-order valence-electron chi connectivity index (χ4n) is 3.36. The van der Waals surface area contributed by atoms with Crippen molar-refractivity contribution in [2.75, 3.05) is 0 Å². The average Bonchev–Trinajstić information content (AvgIpc) is 2.76. The Kier molecular flexibility index (Phi) is 4.46. The zero-order chi connectivity index (χ0) is 13.9. The van der Waals surface area contributed by atoms with Crippen molar-refractivity contribution in [3.8, 4) is 0 Å². The van der Waals surface area contributed by atoms with Gasteiger partial charge in [0, 0.05) is 0 Å². The van der Waals surface area contributed by atoms with E-state index < -0.39 is 8.07 Å². The summed E-state index contributed by atoms with van der Waals surface area (Å²) in [5.41, 5.74) is 3.09. The maximum Gasteiger partial charge on any atom is 0.111 e. The van der Waals surface area contributed by atoms with Crippen molar-refractivity contribution in [2.24, 2.45) is 0 Å². The summed E-state index contributed by atoms with van der Waals surface area (Å²) in [6.45, 7) is 9.46. The predicted octanol–water partition coefficient (Wildman–Crippen LogP) is 4.98. The largest absolute Gasteiger partial charge is 0.111 e. The van der Waals surface area contributed by atoms with Gasteiger partial charge in [0.2, 0.25) is 0 Å². The Morgan fingerprint density at radius 2 is 1.79 bits per heavy atom. The first-order valence-corrected chi connectivity index (χ1v) is 10.2. The second-order valence-electron chi connectivity index (χ2n) is 6.13. The third kappa shape index (κ3) is 2.92. The van der Waals surface area contributed by atoms with E-state index in [4.69, 9.17) is 0 Å². The van der Waals surface area contributed by atoms with Crippen molar-refractivity contribution in [1.29, 1.82) is 0 Å². The Balaban J connectivity index is 2.39. The first-order valence-electron chi connectivity index (χ1n) is 7.51. The second kappa shape index (κ2) is 5.92. The molecule has 0 heterocycles. The van der Waals surface area contributed by atoms with E-state index >= 15 is 0 Å². The van der Waals surface area contributed by atoms with Crippen LogP contribution in [0.5, 0.6) is 0 Å². The summed E-state index contributed by atoms with van der Waals surface area (Å²) < 4.78 is 0. The molecule has 0 bridgehead atoms. The van der Waals surface area contributed by atoms with Gasteiger partial charge in [0.15, 0.2) is 0 Å². The van der Waals surface area contributed by atoms with Crippen LogP contribution in [-0.2, 0) is 0 Å². The lowest BCUT2D eigenvalue weighted by atomic mass is 10.3. The number of unbranched alkanes of at least 4 members (excludes halogenated alkanes) is 1. The molecule has 1 aromatic rings. The number of benzene rings is 1. The third-order valence-corrected chi connectivity index (χ3v) is 9.37. The first-order chi connectivity index (χ1) is 9.08. The summed E-state index contributed by atoms with van der Waals surface area (Å²) in [5, 5.41) is 3.38. The fraction of sp³-hybridized carbons (Fsp3) is 0.444. The van der Waals surface area contributed by atoms with E-state index in [1.165, 1.54) is 25.3 Å². The number of rotatable bonds is 5. The molecule has 19 heavy (non-hydrogen) atoms. The molecule has 0 saturated carbocycles. The Hall–Kier alpha value is -1.08. The quantitative estimate of drug-likeness (QED) is 0.662. The van der Waals surface area contributed by atoms with Crippen LogP contribution in [0.3, 0.4) is 0 Å². The Labute approximate surface area is 119 Å². The fourth-order valence-corrected chi connectivity index (χ4v) is 7.90. The lowest BCUT2D eigenvalue weighted by molar-refractivity contribution is 0.869. The molecule has 0 aromatic heterocycles. The van der Waals surface area contributed by atoms with Gasteiger partial charge < -0.3 is 0 Å². The zero-order valence-electron chi connectivity index (χ0n) is 12.8. The van der Waals surface area contributed by atoms with Crippen LogP contribution in [0.1, 0.15) is 40.0 Å². The van der Waals surface area contributed by atoms with E-state index in [2.05, 4.69) is 63.7 Å². The first kappa shape index (κ1) is 14.3. The Bertz CT molecular complexity index is 496. The molecular weight excluding hydrogens is 244 g/mol. The van der Waals surface area contributed by atoms with Crippen LogP contribution in [0.15, 0.2) is 52.8 Å². The molecule has 1 unspecified atom stereocenters. The molecule has 0 nitrogen and oxygen atoms in total. The summed E-state index contributed by atoms with van der Waals surface area (Å²) in [6, 6.07) is 12.7. The summed E-state index contributed by atoms with van der Waals surface area (Å²) >= 11 is 0. The van der Waals surface area contributed by atoms with Gasteiger partial charge in [0.25, 0.3) is 0 Å². The van der Waals surface area contributed by atoms with Crippen LogP contribution in [0.25, 0.3) is 0 Å². The van der Waals surface area contributed by atoms with Gasteiger partial charge in [-0.1, -0.05) is 84.2 Å². The molecule has 0 spiro atoms. The highest BCUT2D eigenvalue weighted by atomic mass is 28.3. The number of allylic oxidation sites excluding steroid dienone is 4. The normalized spacial score (nSPS) is 18.4. The third-order valence-electron chi connectivity index (χ3n) is 4.50. The molecule has 1 aromatic carbocycles. The van der Waals surface area contributed by atoms with Gasteiger partial charge in [-0.25, -0.2) is 0 Å². The van der Waals surface area contributed by atoms with E-state index in [1.807, 2.05) is 0 Å². The number of hydrogen-bond acceptors (Lipinski definition) is 0. The minimum Gasteiger partial charge on any atom is -0.0694 e. The summed E-state index contributed by atoms with van der Waals surface area (Å²) in [4.78, 5) is 0. The highest BCUT2D eigenvalue weighted by Gasteiger charge is 2.35. The van der Waals surface area contributed by atoms with Gasteiger partial charge in [-0.3, -0.25) is 0 Å². The van der Waals surface area contributed by atoms with Crippen molar-refractivity contribution >= 4 is 13.3 Å². The van der Waals surface area contributed by atoms with Gasteiger partial charge in [-0.05, 0) is 26.3 Å². The molecule has 0 N–H and O–H groups in total. The molecule has 0 aliphatic heterocycles. The van der Waals surface area contributed by atoms with Crippen molar-refractivity contribution in [2.45, 2.75) is 52.6 Å². The predicted molar refractivity (Wildman–Crippen MR) is 88.5 cm³/mol. The van der Waals surface area contributed by atoms with Crippen molar-refractivity contribution in [3.63, 3.8) is 0 Å². The summed E-state index contributed by atoms with van der Waals surface area (Å²) in [5.74, 6) is 0. The Morgan fingerprint density at radius 1 is 1.11 bits per heavy atom. The maximum atomic E-state index is 2.57. The molecule has 0 saturated heterocycles. The topological polar surface area (TPSA) is 0 Å². The second-order valence-corrected chi connectivity index (χ2v) is 10.5. The monoisotopic (exact) mass is 270 g/mol. The van der Waals surface area contributed by atoms with Gasteiger partial charge in [0.05, 0.1) is 0 Å². The number of hydrogen-bond donors (Lipinski definition) is 0. The van der Waals surface area contributed by atoms with Crippen molar-refractivity contribution < 1.29 is 0 Å². The van der Waals surface area contributed by atoms with Gasteiger partial charge in [0.1, 0.15) is 8.07 Å². The van der Waals surface area contributed by atoms with Crippen molar-refractivity contribution in [3.05, 3.63) is 52.8 Å². The van der Waals surface area contributed by atoms with Crippen LogP contribution in [0, 0.1) is 0 Å². The van der Waals surface area contributed by atoms with E-state index in [-0.39, 0.29) is 0 Å². The molecule has 2 rings (SSSR count). The van der Waals surface area contributed by atoms with E-state index in [1.54, 1.807) is 21.5 Å². The standard InChI is InChI=1S/C18H26Si/c1-5-6-12-19(4,17-10-8-7-9-11-17)18-14-15(2)13-16(18)3/h7-11,13H,5-6,12,14H2,1-4H3. The molecule has 1 aliphatic rings. The minimum atomic E-state index is -1.49. The maximum absolute atomic E-state index is 2.57. The highest BCUT2D eigenvalue weighted by Crippen LogP contribution is 2.35. The zero-order valence-corrected chi connectivity index (χ0v) is 13.8. The van der Waals surface area contributed by atoms with Gasteiger partial charge in [-0.15, -0.1) is 0 Å².